The van der Waals surface area contributed by atoms with Crippen molar-refractivity contribution in [3.05, 3.63) is 59.4 Å². The maximum atomic E-state index is 12.6. The summed E-state index contributed by atoms with van der Waals surface area (Å²) in [7, 11) is 0. The summed E-state index contributed by atoms with van der Waals surface area (Å²) in [6.07, 6.45) is 1.34. The van der Waals surface area contributed by atoms with Crippen molar-refractivity contribution in [2.45, 2.75) is 13.8 Å². The molecule has 0 atom stereocenters. The van der Waals surface area contributed by atoms with Crippen LogP contribution in [-0.2, 0) is 0 Å². The first kappa shape index (κ1) is 14.7. The lowest BCUT2D eigenvalue weighted by atomic mass is 10.1. The maximum absolute atomic E-state index is 12.6. The molecule has 0 aliphatic heterocycles. The normalized spacial score (nSPS) is 10.2. The van der Waals surface area contributed by atoms with Crippen LogP contribution in [0.4, 0.5) is 5.69 Å². The maximum Gasteiger partial charge on any atom is 0.354 e. The summed E-state index contributed by atoms with van der Waals surface area (Å²) in [4.78, 5) is 28.9. The van der Waals surface area contributed by atoms with E-state index in [9.17, 15) is 9.59 Å². The smallest absolute Gasteiger partial charge is 0.354 e. The molecule has 0 saturated heterocycles. The number of rotatable bonds is 4. The Kier molecular flexibility index (Phi) is 4.33. The molecule has 1 N–H and O–H groups in total. The van der Waals surface area contributed by atoms with Gasteiger partial charge in [0.05, 0.1) is 0 Å². The Bertz CT molecular complexity index is 683. The molecule has 0 aliphatic carbocycles. The first-order chi connectivity index (χ1) is 10.0. The second-order valence-corrected chi connectivity index (χ2v) is 4.57. The molecule has 0 bridgehead atoms. The van der Waals surface area contributed by atoms with Gasteiger partial charge in [0.1, 0.15) is 5.69 Å². The predicted molar refractivity (Wildman–Crippen MR) is 79.7 cm³/mol. The van der Waals surface area contributed by atoms with E-state index in [-0.39, 0.29) is 11.6 Å². The van der Waals surface area contributed by atoms with Gasteiger partial charge in [-0.25, -0.2) is 9.78 Å². The largest absolute Gasteiger partial charge is 0.477 e. The van der Waals surface area contributed by atoms with Crippen molar-refractivity contribution >= 4 is 17.6 Å². The molecular formula is C16H16N2O3. The lowest BCUT2D eigenvalue weighted by Crippen LogP contribution is -2.31. The summed E-state index contributed by atoms with van der Waals surface area (Å²) in [6.45, 7) is 4.30. The molecule has 0 fully saturated rings. The molecule has 1 aromatic heterocycles. The molecule has 0 spiro atoms. The molecule has 0 aliphatic rings. The summed E-state index contributed by atoms with van der Waals surface area (Å²) < 4.78 is 0. The minimum atomic E-state index is -1.15. The molecule has 21 heavy (non-hydrogen) atoms. The highest BCUT2D eigenvalue weighted by Gasteiger charge is 2.19. The number of hydrogen-bond donors (Lipinski definition) is 1. The van der Waals surface area contributed by atoms with Gasteiger partial charge in [-0.3, -0.25) is 4.79 Å². The number of carboxylic acid groups (broad SMARTS) is 1. The van der Waals surface area contributed by atoms with E-state index in [1.807, 2.05) is 38.1 Å². The summed E-state index contributed by atoms with van der Waals surface area (Å²) in [5.41, 5.74) is 1.98. The van der Waals surface area contributed by atoms with Crippen LogP contribution < -0.4 is 4.90 Å². The SMILES string of the molecule is CCN(C(=O)c1ccnc(C(=O)O)c1)c1ccccc1C. The third kappa shape index (κ3) is 3.08. The highest BCUT2D eigenvalue weighted by molar-refractivity contribution is 6.07. The van der Waals surface area contributed by atoms with E-state index in [4.69, 9.17) is 5.11 Å². The third-order valence-electron chi connectivity index (χ3n) is 3.19. The van der Waals surface area contributed by atoms with Gasteiger partial charge in [0.25, 0.3) is 5.91 Å². The van der Waals surface area contributed by atoms with Gasteiger partial charge in [-0.05, 0) is 37.6 Å². The Morgan fingerprint density at radius 1 is 1.24 bits per heavy atom. The van der Waals surface area contributed by atoms with Gasteiger partial charge in [-0.2, -0.15) is 0 Å². The fraction of sp³-hybridized carbons (Fsp3) is 0.188. The van der Waals surface area contributed by atoms with Crippen LogP contribution in [0.25, 0.3) is 0 Å². The molecule has 2 rings (SSSR count). The van der Waals surface area contributed by atoms with Crippen molar-refractivity contribution in [3.8, 4) is 0 Å². The lowest BCUT2D eigenvalue weighted by molar-refractivity contribution is 0.0690. The van der Waals surface area contributed by atoms with Crippen molar-refractivity contribution in [2.75, 3.05) is 11.4 Å². The number of carbonyl (C=O) groups is 2. The first-order valence-electron chi connectivity index (χ1n) is 6.61. The Morgan fingerprint density at radius 2 is 1.95 bits per heavy atom. The van der Waals surface area contributed by atoms with E-state index in [1.165, 1.54) is 18.3 Å². The van der Waals surface area contributed by atoms with Gasteiger partial charge in [0, 0.05) is 24.0 Å². The molecule has 5 heteroatoms. The zero-order valence-corrected chi connectivity index (χ0v) is 11.9. The van der Waals surface area contributed by atoms with Gasteiger partial charge in [0.2, 0.25) is 0 Å². The van der Waals surface area contributed by atoms with E-state index in [2.05, 4.69) is 4.98 Å². The van der Waals surface area contributed by atoms with Crippen molar-refractivity contribution in [1.29, 1.82) is 0 Å². The second-order valence-electron chi connectivity index (χ2n) is 4.57. The summed E-state index contributed by atoms with van der Waals surface area (Å²) in [5, 5.41) is 8.96. The van der Waals surface area contributed by atoms with E-state index < -0.39 is 5.97 Å². The van der Waals surface area contributed by atoms with Crippen molar-refractivity contribution in [1.82, 2.24) is 4.98 Å². The fourth-order valence-corrected chi connectivity index (χ4v) is 2.13. The number of carbonyl (C=O) groups excluding carboxylic acids is 1. The van der Waals surface area contributed by atoms with Gasteiger partial charge < -0.3 is 10.0 Å². The number of amides is 1. The molecule has 1 aromatic carbocycles. The van der Waals surface area contributed by atoms with Crippen LogP contribution in [-0.4, -0.2) is 28.5 Å². The van der Waals surface area contributed by atoms with Gasteiger partial charge >= 0.3 is 5.97 Å². The monoisotopic (exact) mass is 284 g/mol. The number of aromatic nitrogens is 1. The average molecular weight is 284 g/mol. The molecule has 1 heterocycles. The summed E-state index contributed by atoms with van der Waals surface area (Å²) >= 11 is 0. The predicted octanol–water partition coefficient (Wildman–Crippen LogP) is 2.75. The fourth-order valence-electron chi connectivity index (χ4n) is 2.13. The minimum absolute atomic E-state index is 0.137. The third-order valence-corrected chi connectivity index (χ3v) is 3.19. The van der Waals surface area contributed by atoms with Crippen LogP contribution in [0.1, 0.15) is 33.3 Å². The molecule has 0 unspecified atom stereocenters. The van der Waals surface area contributed by atoms with E-state index in [0.717, 1.165) is 11.3 Å². The van der Waals surface area contributed by atoms with Gasteiger partial charge in [0.15, 0.2) is 0 Å². The van der Waals surface area contributed by atoms with E-state index in [1.54, 1.807) is 4.90 Å². The molecule has 2 aromatic rings. The van der Waals surface area contributed by atoms with E-state index >= 15 is 0 Å². The number of pyridine rings is 1. The van der Waals surface area contributed by atoms with Crippen LogP contribution in [0.15, 0.2) is 42.6 Å². The number of aromatic carboxylic acids is 1. The van der Waals surface area contributed by atoms with Crippen LogP contribution in [0.3, 0.4) is 0 Å². The number of benzene rings is 1. The van der Waals surface area contributed by atoms with Crippen molar-refractivity contribution < 1.29 is 14.7 Å². The number of carboxylic acids is 1. The van der Waals surface area contributed by atoms with Crippen LogP contribution in [0.2, 0.25) is 0 Å². The average Bonchev–Trinajstić information content (AvgIpc) is 2.50. The Balaban J connectivity index is 2.39. The van der Waals surface area contributed by atoms with Crippen molar-refractivity contribution in [3.63, 3.8) is 0 Å². The number of aryl methyl sites for hydroxylation is 1. The quantitative estimate of drug-likeness (QED) is 0.937. The Labute approximate surface area is 122 Å². The summed E-state index contributed by atoms with van der Waals surface area (Å²) in [5.74, 6) is -1.39. The lowest BCUT2D eigenvalue weighted by Gasteiger charge is -2.23. The summed E-state index contributed by atoms with van der Waals surface area (Å²) in [6, 6.07) is 10.4. The second kappa shape index (κ2) is 6.17. The molecular weight excluding hydrogens is 268 g/mol. The number of para-hydroxylation sites is 1. The molecule has 0 radical (unpaired) electrons. The highest BCUT2D eigenvalue weighted by Crippen LogP contribution is 2.21. The van der Waals surface area contributed by atoms with Crippen LogP contribution in [0.5, 0.6) is 0 Å². The van der Waals surface area contributed by atoms with Gasteiger partial charge in [-0.1, -0.05) is 18.2 Å². The van der Waals surface area contributed by atoms with E-state index in [0.29, 0.717) is 12.1 Å². The Morgan fingerprint density at radius 3 is 2.57 bits per heavy atom. The van der Waals surface area contributed by atoms with Gasteiger partial charge in [-0.15, -0.1) is 0 Å². The van der Waals surface area contributed by atoms with Crippen LogP contribution in [0, 0.1) is 6.92 Å². The zero-order valence-electron chi connectivity index (χ0n) is 11.9. The molecule has 0 saturated carbocycles. The topological polar surface area (TPSA) is 70.5 Å². The molecule has 108 valence electrons. The highest BCUT2D eigenvalue weighted by atomic mass is 16.4. The number of nitrogens with zero attached hydrogens (tertiary/aromatic N) is 2. The minimum Gasteiger partial charge on any atom is -0.477 e. The first-order valence-corrected chi connectivity index (χ1v) is 6.61. The zero-order chi connectivity index (χ0) is 15.4. The molecule has 5 nitrogen and oxygen atoms in total. The number of hydrogen-bond acceptors (Lipinski definition) is 3. The standard InChI is InChI=1S/C16H16N2O3/c1-3-18(14-7-5-4-6-11(14)2)15(19)12-8-9-17-13(10-12)16(20)21/h4-10H,3H2,1-2H3,(H,20,21). The Hall–Kier alpha value is -2.69. The van der Waals surface area contributed by atoms with Crippen LogP contribution >= 0.6 is 0 Å². The molecule has 1 amide bonds. The van der Waals surface area contributed by atoms with Crippen molar-refractivity contribution in [2.24, 2.45) is 0 Å². The number of anilines is 1.